The Hall–Kier alpha value is -1.06. The number of allylic oxidation sites excluding steroid dienone is 4. The first kappa shape index (κ1) is 31.0. The molecule has 0 bridgehead atoms. The molecule has 176 valence electrons. The first-order chi connectivity index (χ1) is 14.8. The van der Waals surface area contributed by atoms with Crippen molar-refractivity contribution in [2.75, 3.05) is 0 Å². The van der Waals surface area contributed by atoms with Gasteiger partial charge in [-0.05, 0) is 0 Å². The van der Waals surface area contributed by atoms with Crippen LogP contribution in [0, 0.1) is 13.8 Å². The molecule has 1 aliphatic carbocycles. The molecule has 0 nitrogen and oxygen atoms in total. The van der Waals surface area contributed by atoms with E-state index in [9.17, 15) is 0 Å². The van der Waals surface area contributed by atoms with Crippen molar-refractivity contribution in [3.05, 3.63) is 112 Å². The molecule has 3 aromatic rings. The molecule has 0 atom stereocenters. The van der Waals surface area contributed by atoms with Gasteiger partial charge in [0.15, 0.2) is 0 Å². The Bertz CT molecular complexity index is 1140. The fraction of sp³-hybridized carbons (Fsp3) is 0.241. The van der Waals surface area contributed by atoms with E-state index in [4.69, 9.17) is 0 Å². The van der Waals surface area contributed by atoms with Crippen LogP contribution >= 0.6 is 0 Å². The van der Waals surface area contributed by atoms with Crippen LogP contribution in [0.4, 0.5) is 0 Å². The van der Waals surface area contributed by atoms with Gasteiger partial charge in [-0.3, -0.25) is 0 Å². The second kappa shape index (κ2) is 11.8. The van der Waals surface area contributed by atoms with Crippen LogP contribution in [0.3, 0.4) is 0 Å². The quantitative estimate of drug-likeness (QED) is 0.232. The summed E-state index contributed by atoms with van der Waals surface area (Å²) in [5.41, 5.74) is 8.73. The fourth-order valence-corrected chi connectivity index (χ4v) is 14.4. The number of benzene rings is 3. The van der Waals surface area contributed by atoms with Crippen molar-refractivity contribution >= 4 is 23.6 Å². The molecule has 0 aliphatic heterocycles. The Morgan fingerprint density at radius 3 is 1.41 bits per heavy atom. The minimum atomic E-state index is -2.52. The standard InChI is InChI=1S/C29H31Si.3ClH.Ti/c1-20-17-18-21(2)28(19-20)30(26-13-9-7-10-14-26,27-15-11-8-12-16-27)29-24(5)22(3)23(4)25(29)6;;;;/h7-19H,1-6H3;3*1H;/q;;;;+3/p-3. The monoisotopic (exact) mass is 560 g/mol. The van der Waals surface area contributed by atoms with Gasteiger partial charge in [0.05, 0.1) is 0 Å². The van der Waals surface area contributed by atoms with Crippen LogP contribution in [0.1, 0.15) is 38.8 Å². The molecule has 4 rings (SSSR count). The molecule has 1 aliphatic rings. The van der Waals surface area contributed by atoms with Crippen LogP contribution in [0.25, 0.3) is 0 Å². The minimum absolute atomic E-state index is 0. The summed E-state index contributed by atoms with van der Waals surface area (Å²) in [4.78, 5) is 0. The molecular formula is C29H31Cl3SiTi. The zero-order chi connectivity index (χ0) is 22.4. The molecule has 0 heterocycles. The van der Waals surface area contributed by atoms with E-state index < -0.39 is 8.07 Å². The number of hydrogen-bond donors (Lipinski definition) is 0. The van der Waals surface area contributed by atoms with Crippen LogP contribution in [-0.2, 0) is 20.4 Å². The van der Waals surface area contributed by atoms with E-state index in [1.807, 2.05) is 0 Å². The van der Waals surface area contributed by atoms with E-state index in [1.165, 1.54) is 49.0 Å². The largest absolute Gasteiger partial charge is 1.00 e. The molecule has 0 aromatic heterocycles. The molecule has 0 spiro atoms. The molecular weight excluding hydrogens is 531 g/mol. The molecule has 0 N–H and O–H groups in total. The average Bonchev–Trinajstić information content (AvgIpc) is 2.94. The topological polar surface area (TPSA) is 0 Å². The predicted octanol–water partition coefficient (Wildman–Crippen LogP) is -3.28. The third-order valence-electron chi connectivity index (χ3n) is 7.59. The van der Waals surface area contributed by atoms with E-state index in [0.717, 1.165) is 0 Å². The van der Waals surface area contributed by atoms with E-state index >= 15 is 0 Å². The van der Waals surface area contributed by atoms with Gasteiger partial charge in [0.25, 0.3) is 0 Å². The summed E-state index contributed by atoms with van der Waals surface area (Å²) in [7, 11) is -2.52. The summed E-state index contributed by atoms with van der Waals surface area (Å²) in [6.45, 7) is 13.9. The second-order valence-corrected chi connectivity index (χ2v) is 14.9. The van der Waals surface area contributed by atoms with E-state index in [-0.39, 0.29) is 40.6 Å². The van der Waals surface area contributed by atoms with Gasteiger partial charge in [0.2, 0.25) is 0 Å². The number of halogens is 3. The predicted molar refractivity (Wildman–Crippen MR) is 133 cm³/mol. The van der Waals surface area contributed by atoms with Gasteiger partial charge in [-0.25, -0.2) is 0 Å². The third kappa shape index (κ3) is 4.45. The summed E-state index contributed by atoms with van der Waals surface area (Å²) >= 11 is 2.53. The summed E-state index contributed by atoms with van der Waals surface area (Å²) in [6, 6.07) is 29.8. The van der Waals surface area contributed by atoms with E-state index in [0.29, 0.717) is 0 Å². The Kier molecular flexibility index (Phi) is 10.7. The Morgan fingerprint density at radius 2 is 1.00 bits per heavy atom. The van der Waals surface area contributed by atoms with E-state index in [2.05, 4.69) is 141 Å². The van der Waals surface area contributed by atoms with Crippen molar-refractivity contribution in [1.82, 2.24) is 0 Å². The Balaban J connectivity index is 0.00000193. The normalized spacial score (nSPS) is 14.8. The molecule has 0 unspecified atom stereocenters. The van der Waals surface area contributed by atoms with Crippen molar-refractivity contribution in [2.24, 2.45) is 0 Å². The summed E-state index contributed by atoms with van der Waals surface area (Å²) < 4.78 is -0.0393. The van der Waals surface area contributed by atoms with Crippen LogP contribution < -0.4 is 52.8 Å². The zero-order valence-electron chi connectivity index (χ0n) is 20.6. The molecule has 3 aromatic carbocycles. The van der Waals surface area contributed by atoms with Gasteiger partial charge >= 0.3 is 201 Å². The number of hydrogen-bond acceptors (Lipinski definition) is 0. The van der Waals surface area contributed by atoms with Gasteiger partial charge in [-0.1, -0.05) is 0 Å². The smallest absolute Gasteiger partial charge is 1.00 e. The maximum Gasteiger partial charge on any atom is -1.00 e. The van der Waals surface area contributed by atoms with Crippen LogP contribution in [-0.4, -0.2) is 8.07 Å². The fourth-order valence-electron chi connectivity index (χ4n) is 5.60. The third-order valence-corrected chi connectivity index (χ3v) is 16.1. The van der Waals surface area contributed by atoms with Gasteiger partial charge < -0.3 is 37.2 Å². The van der Waals surface area contributed by atoms with Crippen molar-refractivity contribution in [3.63, 3.8) is 0 Å². The maximum atomic E-state index is 2.53. The summed E-state index contributed by atoms with van der Waals surface area (Å²) in [5.74, 6) is 0. The maximum absolute atomic E-state index is 2.53. The van der Waals surface area contributed by atoms with Crippen molar-refractivity contribution in [2.45, 2.75) is 44.9 Å². The van der Waals surface area contributed by atoms with Crippen molar-refractivity contribution in [1.29, 1.82) is 0 Å². The van der Waals surface area contributed by atoms with Gasteiger partial charge in [0.1, 0.15) is 0 Å². The Labute approximate surface area is 237 Å². The minimum Gasteiger partial charge on any atom is -1.00 e. The molecule has 0 saturated carbocycles. The molecule has 5 heteroatoms. The second-order valence-electron chi connectivity index (χ2n) is 9.05. The average molecular weight is 562 g/mol. The molecule has 0 fully saturated rings. The van der Waals surface area contributed by atoms with E-state index in [1.54, 1.807) is 0 Å². The van der Waals surface area contributed by atoms with Gasteiger partial charge in [-0.15, -0.1) is 0 Å². The summed E-state index contributed by atoms with van der Waals surface area (Å²) in [5, 5.41) is 4.51. The summed E-state index contributed by atoms with van der Waals surface area (Å²) in [6.07, 6.45) is 0. The molecule has 34 heavy (non-hydrogen) atoms. The van der Waals surface area contributed by atoms with Gasteiger partial charge in [-0.2, -0.15) is 0 Å². The van der Waals surface area contributed by atoms with Crippen LogP contribution in [0.2, 0.25) is 3.34 Å². The van der Waals surface area contributed by atoms with Crippen molar-refractivity contribution in [3.8, 4) is 0 Å². The number of aryl methyl sites for hydroxylation is 2. The Morgan fingerprint density at radius 1 is 0.588 bits per heavy atom. The first-order valence-electron chi connectivity index (χ1n) is 11.1. The SMILES string of the molecule is CC1=C(C)[C]([Ti+3])([Si](c2ccccc2)(c2ccccc2)c2cc(C)ccc2C)C(C)=C1C.[Cl-].[Cl-].[Cl-]. The van der Waals surface area contributed by atoms with Crippen molar-refractivity contribution < 1.29 is 57.7 Å². The number of rotatable bonds is 4. The molecule has 0 amide bonds. The van der Waals surface area contributed by atoms with Crippen LogP contribution in [0.5, 0.6) is 0 Å². The van der Waals surface area contributed by atoms with Gasteiger partial charge in [0, 0.05) is 0 Å². The first-order valence-corrected chi connectivity index (χ1v) is 13.8. The molecule has 0 saturated heterocycles. The molecule has 0 radical (unpaired) electrons. The zero-order valence-corrected chi connectivity index (χ0v) is 25.5. The van der Waals surface area contributed by atoms with Crippen LogP contribution in [0.15, 0.2) is 101 Å².